The molecule has 1 aromatic heterocycles. The summed E-state index contributed by atoms with van der Waals surface area (Å²) in [6, 6.07) is 29.1. The molecule has 0 spiro atoms. The van der Waals surface area contributed by atoms with Gasteiger partial charge < -0.3 is 5.73 Å². The van der Waals surface area contributed by atoms with Crippen molar-refractivity contribution in [1.29, 1.82) is 0 Å². The molecule has 0 amide bonds. The van der Waals surface area contributed by atoms with Crippen LogP contribution in [-0.4, -0.2) is 14.0 Å². The summed E-state index contributed by atoms with van der Waals surface area (Å²) in [5.41, 5.74) is 10.1. The van der Waals surface area contributed by atoms with Crippen molar-refractivity contribution in [3.05, 3.63) is 96.7 Å². The molecule has 0 aliphatic heterocycles. The van der Waals surface area contributed by atoms with Gasteiger partial charge in [-0.1, -0.05) is 48.5 Å². The van der Waals surface area contributed by atoms with Gasteiger partial charge in [-0.05, 0) is 42.5 Å². The van der Waals surface area contributed by atoms with E-state index >= 15 is 0 Å². The van der Waals surface area contributed by atoms with Crippen molar-refractivity contribution < 1.29 is 4.21 Å². The van der Waals surface area contributed by atoms with Gasteiger partial charge in [0.1, 0.15) is 0 Å². The molecule has 0 aliphatic carbocycles. The number of aromatic nitrogens is 2. The van der Waals surface area contributed by atoms with Gasteiger partial charge in [0, 0.05) is 16.1 Å². The number of benzene rings is 3. The van der Waals surface area contributed by atoms with E-state index in [4.69, 9.17) is 10.8 Å². The Morgan fingerprint density at radius 1 is 0.852 bits per heavy atom. The van der Waals surface area contributed by atoms with Gasteiger partial charge in [-0.25, -0.2) is 4.68 Å². The lowest BCUT2D eigenvalue weighted by molar-refractivity contribution is 0.680. The number of rotatable bonds is 5. The van der Waals surface area contributed by atoms with Crippen LogP contribution in [-0.2, 0) is 16.6 Å². The molecule has 4 nitrogen and oxygen atoms in total. The zero-order valence-corrected chi connectivity index (χ0v) is 15.5. The molecular formula is C22H19N3OS. The molecule has 134 valence electrons. The minimum Gasteiger partial charge on any atom is -0.399 e. The van der Waals surface area contributed by atoms with Crippen molar-refractivity contribution in [1.82, 2.24) is 9.78 Å². The van der Waals surface area contributed by atoms with Gasteiger partial charge in [0.2, 0.25) is 0 Å². The maximum Gasteiger partial charge on any atom is 0.0930 e. The molecule has 5 heteroatoms. The summed E-state index contributed by atoms with van der Waals surface area (Å²) in [4.78, 5) is 0.756. The third kappa shape index (κ3) is 3.83. The summed E-state index contributed by atoms with van der Waals surface area (Å²) in [5, 5.41) is 4.77. The summed E-state index contributed by atoms with van der Waals surface area (Å²) in [6.07, 6.45) is 0. The maximum atomic E-state index is 12.9. The molecule has 2 N–H and O–H groups in total. The molecule has 3 aromatic carbocycles. The number of nitrogens with two attached hydrogens (primary N) is 1. The Morgan fingerprint density at radius 2 is 1.48 bits per heavy atom. The van der Waals surface area contributed by atoms with E-state index in [2.05, 4.69) is 0 Å². The molecule has 1 unspecified atom stereocenters. The molecule has 27 heavy (non-hydrogen) atoms. The second-order valence-electron chi connectivity index (χ2n) is 6.19. The third-order valence-corrected chi connectivity index (χ3v) is 5.63. The van der Waals surface area contributed by atoms with Crippen LogP contribution in [0.2, 0.25) is 0 Å². The predicted molar refractivity (Wildman–Crippen MR) is 110 cm³/mol. The van der Waals surface area contributed by atoms with Gasteiger partial charge >= 0.3 is 0 Å². The summed E-state index contributed by atoms with van der Waals surface area (Å²) in [6.45, 7) is 0. The summed E-state index contributed by atoms with van der Waals surface area (Å²) < 4.78 is 14.8. The van der Waals surface area contributed by atoms with Crippen molar-refractivity contribution >= 4 is 16.5 Å². The van der Waals surface area contributed by atoms with Crippen LogP contribution in [0.3, 0.4) is 0 Å². The van der Waals surface area contributed by atoms with Crippen LogP contribution >= 0.6 is 0 Å². The Morgan fingerprint density at radius 3 is 2.15 bits per heavy atom. The zero-order valence-electron chi connectivity index (χ0n) is 14.7. The van der Waals surface area contributed by atoms with E-state index in [0.29, 0.717) is 11.4 Å². The first-order valence-electron chi connectivity index (χ1n) is 8.64. The smallest absolute Gasteiger partial charge is 0.0930 e. The molecule has 1 heterocycles. The lowest BCUT2D eigenvalue weighted by Gasteiger charge is -2.07. The highest BCUT2D eigenvalue weighted by molar-refractivity contribution is 7.84. The normalized spacial score (nSPS) is 12.0. The monoisotopic (exact) mass is 373 g/mol. The fraction of sp³-hybridized carbons (Fsp3) is 0.0455. The Balaban J connectivity index is 1.73. The quantitative estimate of drug-likeness (QED) is 0.527. The van der Waals surface area contributed by atoms with Gasteiger partial charge in [0.15, 0.2) is 0 Å². The summed E-state index contributed by atoms with van der Waals surface area (Å²) >= 11 is 0. The Hall–Kier alpha value is -3.18. The van der Waals surface area contributed by atoms with E-state index in [1.165, 1.54) is 0 Å². The van der Waals surface area contributed by atoms with Crippen LogP contribution in [0.5, 0.6) is 0 Å². The van der Waals surface area contributed by atoms with E-state index in [1.807, 2.05) is 83.5 Å². The average Bonchev–Trinajstić information content (AvgIpc) is 3.13. The van der Waals surface area contributed by atoms with Crippen LogP contribution in [0.4, 0.5) is 5.69 Å². The van der Waals surface area contributed by atoms with Crippen molar-refractivity contribution in [2.45, 2.75) is 10.6 Å². The predicted octanol–water partition coefficient (Wildman–Crippen LogP) is 4.43. The Labute approximate surface area is 160 Å². The van der Waals surface area contributed by atoms with Gasteiger partial charge in [0.25, 0.3) is 0 Å². The lowest BCUT2D eigenvalue weighted by Crippen LogP contribution is -2.05. The zero-order chi connectivity index (χ0) is 18.6. The first-order valence-corrected chi connectivity index (χ1v) is 9.96. The molecule has 0 fully saturated rings. The van der Waals surface area contributed by atoms with E-state index in [-0.39, 0.29) is 0 Å². The van der Waals surface area contributed by atoms with Crippen LogP contribution in [0, 0.1) is 0 Å². The molecular weight excluding hydrogens is 354 g/mol. The largest absolute Gasteiger partial charge is 0.399 e. The Kier molecular flexibility index (Phi) is 4.85. The second-order valence-corrected chi connectivity index (χ2v) is 7.64. The van der Waals surface area contributed by atoms with Crippen LogP contribution < -0.4 is 5.73 Å². The SMILES string of the molecule is Nc1ccc(S(=O)Cc2cc(-c3ccccc3)nn2-c2ccccc2)cc1. The summed E-state index contributed by atoms with van der Waals surface area (Å²) in [5.74, 6) is 0.374. The molecule has 1 atom stereocenters. The van der Waals surface area contributed by atoms with Gasteiger partial charge in [-0.2, -0.15) is 5.10 Å². The third-order valence-electron chi connectivity index (χ3n) is 4.28. The highest BCUT2D eigenvalue weighted by Gasteiger charge is 2.14. The second kappa shape index (κ2) is 7.60. The van der Waals surface area contributed by atoms with Crippen LogP contribution in [0.1, 0.15) is 5.69 Å². The number of hydrogen-bond acceptors (Lipinski definition) is 3. The molecule has 0 aliphatic rings. The van der Waals surface area contributed by atoms with Crippen molar-refractivity contribution in [3.63, 3.8) is 0 Å². The van der Waals surface area contributed by atoms with Crippen LogP contribution in [0.15, 0.2) is 95.9 Å². The minimum atomic E-state index is -1.19. The fourth-order valence-electron chi connectivity index (χ4n) is 2.90. The lowest BCUT2D eigenvalue weighted by atomic mass is 10.1. The fourth-order valence-corrected chi connectivity index (χ4v) is 3.98. The van der Waals surface area contributed by atoms with Gasteiger partial charge in [-0.3, -0.25) is 4.21 Å². The van der Waals surface area contributed by atoms with E-state index in [9.17, 15) is 4.21 Å². The van der Waals surface area contributed by atoms with Crippen molar-refractivity contribution in [3.8, 4) is 16.9 Å². The first kappa shape index (κ1) is 17.2. The number of anilines is 1. The van der Waals surface area contributed by atoms with Crippen LogP contribution in [0.25, 0.3) is 16.9 Å². The number of hydrogen-bond donors (Lipinski definition) is 1. The highest BCUT2D eigenvalue weighted by Crippen LogP contribution is 2.24. The van der Waals surface area contributed by atoms with E-state index in [1.54, 1.807) is 12.1 Å². The average molecular weight is 373 g/mol. The molecule has 0 radical (unpaired) electrons. The first-order chi connectivity index (χ1) is 13.2. The minimum absolute atomic E-state index is 0.374. The maximum absolute atomic E-state index is 12.9. The Bertz CT molecular complexity index is 1060. The van der Waals surface area contributed by atoms with Gasteiger partial charge in [0.05, 0.1) is 33.6 Å². The van der Waals surface area contributed by atoms with E-state index in [0.717, 1.165) is 27.5 Å². The summed E-state index contributed by atoms with van der Waals surface area (Å²) in [7, 11) is -1.19. The highest BCUT2D eigenvalue weighted by atomic mass is 32.2. The molecule has 0 saturated carbocycles. The molecule has 4 rings (SSSR count). The number of para-hydroxylation sites is 1. The molecule has 4 aromatic rings. The number of nitrogen functional groups attached to an aromatic ring is 1. The van der Waals surface area contributed by atoms with Gasteiger partial charge in [-0.15, -0.1) is 0 Å². The topological polar surface area (TPSA) is 60.9 Å². The van der Waals surface area contributed by atoms with Crippen molar-refractivity contribution in [2.75, 3.05) is 5.73 Å². The molecule has 0 bridgehead atoms. The van der Waals surface area contributed by atoms with Crippen molar-refractivity contribution in [2.24, 2.45) is 0 Å². The number of nitrogens with zero attached hydrogens (tertiary/aromatic N) is 2. The van der Waals surface area contributed by atoms with E-state index < -0.39 is 10.8 Å². The molecule has 0 saturated heterocycles. The standard InChI is InChI=1S/C22H19N3OS/c23-18-11-13-21(14-12-18)27(26)16-20-15-22(17-7-3-1-4-8-17)24-25(20)19-9-5-2-6-10-19/h1-15H,16,23H2.